The Morgan fingerprint density at radius 2 is 1.96 bits per heavy atom. The minimum Gasteiger partial charge on any atom is -0.497 e. The minimum atomic E-state index is 0.239. The van der Waals surface area contributed by atoms with Crippen molar-refractivity contribution in [2.75, 3.05) is 40.4 Å². The summed E-state index contributed by atoms with van der Waals surface area (Å²) in [5.41, 5.74) is 2.28. The Morgan fingerprint density at radius 1 is 1.12 bits per heavy atom. The van der Waals surface area contributed by atoms with Gasteiger partial charge in [0.05, 0.1) is 14.2 Å². The van der Waals surface area contributed by atoms with E-state index in [9.17, 15) is 0 Å². The molecule has 2 aromatic rings. The number of methoxy groups -OCH3 is 2. The van der Waals surface area contributed by atoms with Gasteiger partial charge in [0.2, 0.25) is 0 Å². The monoisotopic (exact) mass is 327 g/mol. The topological polar surface area (TPSA) is 46.6 Å². The molecule has 0 aliphatic carbocycles. The van der Waals surface area contributed by atoms with Crippen LogP contribution in [0.1, 0.15) is 17.3 Å². The van der Waals surface area contributed by atoms with Crippen LogP contribution in [0.25, 0.3) is 0 Å². The molecule has 24 heavy (non-hydrogen) atoms. The van der Waals surface area contributed by atoms with Gasteiger partial charge >= 0.3 is 0 Å². The van der Waals surface area contributed by atoms with Crippen molar-refractivity contribution in [2.45, 2.75) is 12.5 Å². The highest BCUT2D eigenvalue weighted by atomic mass is 16.5. The fraction of sp³-hybridized carbons (Fsp3) is 0.421. The van der Waals surface area contributed by atoms with Crippen LogP contribution in [-0.2, 0) is 6.42 Å². The minimum absolute atomic E-state index is 0.239. The van der Waals surface area contributed by atoms with E-state index in [-0.39, 0.29) is 6.04 Å². The van der Waals surface area contributed by atoms with E-state index in [1.54, 1.807) is 14.2 Å². The van der Waals surface area contributed by atoms with Crippen molar-refractivity contribution in [1.29, 1.82) is 0 Å². The summed E-state index contributed by atoms with van der Waals surface area (Å²) in [6.07, 6.45) is 2.72. The predicted octanol–water partition coefficient (Wildman–Crippen LogP) is 2.29. The average Bonchev–Trinajstić information content (AvgIpc) is 2.67. The second kappa shape index (κ2) is 8.13. The number of piperazine rings is 1. The zero-order chi connectivity index (χ0) is 16.8. The first-order valence-electron chi connectivity index (χ1n) is 8.38. The summed E-state index contributed by atoms with van der Waals surface area (Å²) in [4.78, 5) is 7.03. The van der Waals surface area contributed by atoms with Crippen LogP contribution in [0.2, 0.25) is 0 Å². The first-order valence-corrected chi connectivity index (χ1v) is 8.38. The summed E-state index contributed by atoms with van der Waals surface area (Å²) < 4.78 is 11.0. The molecule has 0 radical (unpaired) electrons. The van der Waals surface area contributed by atoms with Gasteiger partial charge in [0.15, 0.2) is 0 Å². The van der Waals surface area contributed by atoms with E-state index in [0.717, 1.165) is 49.8 Å². The van der Waals surface area contributed by atoms with E-state index >= 15 is 0 Å². The van der Waals surface area contributed by atoms with Crippen molar-refractivity contribution in [1.82, 2.24) is 15.2 Å². The molecule has 0 bridgehead atoms. The molecule has 0 amide bonds. The van der Waals surface area contributed by atoms with Crippen LogP contribution in [0.4, 0.5) is 0 Å². The molecule has 2 heterocycles. The normalized spacial score (nSPS) is 16.6. The van der Waals surface area contributed by atoms with E-state index in [2.05, 4.69) is 27.3 Å². The Morgan fingerprint density at radius 3 is 2.62 bits per heavy atom. The van der Waals surface area contributed by atoms with Gasteiger partial charge in [-0.1, -0.05) is 12.1 Å². The van der Waals surface area contributed by atoms with Gasteiger partial charge in [0.1, 0.15) is 11.5 Å². The van der Waals surface area contributed by atoms with Crippen LogP contribution in [0, 0.1) is 0 Å². The van der Waals surface area contributed by atoms with Gasteiger partial charge in [-0.15, -0.1) is 0 Å². The first-order chi connectivity index (χ1) is 11.8. The van der Waals surface area contributed by atoms with E-state index in [4.69, 9.17) is 9.47 Å². The Labute approximate surface area is 143 Å². The molecule has 5 nitrogen and oxygen atoms in total. The van der Waals surface area contributed by atoms with Crippen LogP contribution in [0.3, 0.4) is 0 Å². The maximum absolute atomic E-state index is 5.65. The molecule has 0 saturated carbocycles. The highest BCUT2D eigenvalue weighted by Crippen LogP contribution is 2.34. The lowest BCUT2D eigenvalue weighted by molar-refractivity contribution is 0.168. The number of nitrogens with one attached hydrogen (secondary N) is 1. The number of hydrogen-bond acceptors (Lipinski definition) is 5. The number of aromatic nitrogens is 1. The lowest BCUT2D eigenvalue weighted by atomic mass is 9.98. The number of ether oxygens (including phenoxy) is 2. The smallest absolute Gasteiger partial charge is 0.127 e. The standard InChI is InChI=1S/C19H25N3O2/c1-23-16-6-7-17(19(14-16)24-2)18(22-11-9-20-10-12-22)13-15-5-3-4-8-21-15/h3-8,14,18,20H,9-13H2,1-2H3. The molecule has 3 rings (SSSR count). The van der Waals surface area contributed by atoms with Gasteiger partial charge in [-0.2, -0.15) is 0 Å². The van der Waals surface area contributed by atoms with Crippen molar-refractivity contribution in [2.24, 2.45) is 0 Å². The Kier molecular flexibility index (Phi) is 5.67. The highest BCUT2D eigenvalue weighted by Gasteiger charge is 2.25. The van der Waals surface area contributed by atoms with Crippen molar-refractivity contribution in [3.63, 3.8) is 0 Å². The summed E-state index contributed by atoms with van der Waals surface area (Å²) in [7, 11) is 3.39. The second-order valence-corrected chi connectivity index (χ2v) is 5.93. The maximum Gasteiger partial charge on any atom is 0.127 e. The van der Waals surface area contributed by atoms with Crippen LogP contribution >= 0.6 is 0 Å². The van der Waals surface area contributed by atoms with Crippen LogP contribution in [0.5, 0.6) is 11.5 Å². The van der Waals surface area contributed by atoms with E-state index < -0.39 is 0 Å². The molecule has 1 unspecified atom stereocenters. The summed E-state index contributed by atoms with van der Waals surface area (Å²) in [6.45, 7) is 4.06. The van der Waals surface area contributed by atoms with Crippen molar-refractivity contribution in [3.05, 3.63) is 53.9 Å². The van der Waals surface area contributed by atoms with Crippen LogP contribution in [0.15, 0.2) is 42.6 Å². The Bertz CT molecular complexity index is 642. The number of nitrogens with zero attached hydrogens (tertiary/aromatic N) is 2. The molecule has 0 spiro atoms. The number of rotatable bonds is 6. The highest BCUT2D eigenvalue weighted by molar-refractivity contribution is 5.43. The molecule has 1 atom stereocenters. The molecule has 1 saturated heterocycles. The number of pyridine rings is 1. The predicted molar refractivity (Wildman–Crippen MR) is 94.7 cm³/mol. The molecule has 1 N–H and O–H groups in total. The van der Waals surface area contributed by atoms with Gasteiger partial charge in [0.25, 0.3) is 0 Å². The van der Waals surface area contributed by atoms with E-state index in [0.29, 0.717) is 0 Å². The zero-order valence-electron chi connectivity index (χ0n) is 14.4. The Hall–Kier alpha value is -2.11. The van der Waals surface area contributed by atoms with Gasteiger partial charge < -0.3 is 14.8 Å². The summed E-state index contributed by atoms with van der Waals surface area (Å²) >= 11 is 0. The largest absolute Gasteiger partial charge is 0.497 e. The third kappa shape index (κ3) is 3.86. The quantitative estimate of drug-likeness (QED) is 0.882. The third-order valence-electron chi connectivity index (χ3n) is 4.52. The van der Waals surface area contributed by atoms with Gasteiger partial charge in [-0.05, 0) is 18.2 Å². The molecular weight excluding hydrogens is 302 g/mol. The zero-order valence-corrected chi connectivity index (χ0v) is 14.4. The van der Waals surface area contributed by atoms with Crippen molar-refractivity contribution < 1.29 is 9.47 Å². The van der Waals surface area contributed by atoms with Crippen molar-refractivity contribution >= 4 is 0 Å². The summed E-state index contributed by atoms with van der Waals surface area (Å²) in [5, 5.41) is 3.42. The summed E-state index contributed by atoms with van der Waals surface area (Å²) in [5.74, 6) is 1.68. The molecule has 1 aliphatic heterocycles. The SMILES string of the molecule is COc1ccc(C(Cc2ccccn2)N2CCNCC2)c(OC)c1. The van der Waals surface area contributed by atoms with Crippen LogP contribution in [-0.4, -0.2) is 50.3 Å². The Balaban J connectivity index is 1.94. The summed E-state index contributed by atoms with van der Waals surface area (Å²) in [6, 6.07) is 12.4. The fourth-order valence-corrected chi connectivity index (χ4v) is 3.24. The van der Waals surface area contributed by atoms with E-state index in [1.165, 1.54) is 5.56 Å². The molecule has 1 aromatic heterocycles. The van der Waals surface area contributed by atoms with Crippen LogP contribution < -0.4 is 14.8 Å². The third-order valence-corrected chi connectivity index (χ3v) is 4.52. The molecule has 1 aromatic carbocycles. The van der Waals surface area contributed by atoms with Crippen molar-refractivity contribution in [3.8, 4) is 11.5 Å². The van der Waals surface area contributed by atoms with Gasteiger partial charge in [-0.3, -0.25) is 9.88 Å². The molecule has 1 fully saturated rings. The van der Waals surface area contributed by atoms with Gasteiger partial charge in [0, 0.05) is 62.2 Å². The first kappa shape index (κ1) is 16.7. The fourth-order valence-electron chi connectivity index (χ4n) is 3.24. The van der Waals surface area contributed by atoms with E-state index in [1.807, 2.05) is 30.5 Å². The lowest BCUT2D eigenvalue weighted by Crippen LogP contribution is -2.45. The lowest BCUT2D eigenvalue weighted by Gasteiger charge is -2.35. The number of benzene rings is 1. The average molecular weight is 327 g/mol. The second-order valence-electron chi connectivity index (χ2n) is 5.93. The molecule has 128 valence electrons. The number of hydrogen-bond donors (Lipinski definition) is 1. The molecule has 1 aliphatic rings. The van der Waals surface area contributed by atoms with Gasteiger partial charge in [-0.25, -0.2) is 0 Å². The molecule has 5 heteroatoms. The maximum atomic E-state index is 5.65. The molecular formula is C19H25N3O2.